The topological polar surface area (TPSA) is 82.8 Å². The zero-order valence-corrected chi connectivity index (χ0v) is 28.6. The Labute approximate surface area is 299 Å². The second-order valence-corrected chi connectivity index (χ2v) is 12.7. The number of fused-ring (bicyclic) bond motifs is 2. The highest BCUT2D eigenvalue weighted by Gasteiger charge is 2.17. The summed E-state index contributed by atoms with van der Waals surface area (Å²) in [7, 11) is 3.33. The van der Waals surface area contributed by atoms with E-state index in [0.717, 1.165) is 71.7 Å². The molecule has 246 valence electrons. The van der Waals surface area contributed by atoms with Gasteiger partial charge in [-0.15, -0.1) is 11.3 Å². The summed E-state index contributed by atoms with van der Waals surface area (Å²) in [4.78, 5) is 14.9. The SMILES string of the molecule is COc1ccc(N(c2ccc(OC)cc2)c2ccc(-c3c4ccccc4c(C#Cc4ccc(/C=C(/C#N)C(=O)O)s4)c4ccccc34)cc2)cc1. The Bertz CT molecular complexity index is 2430. The van der Waals surface area contributed by atoms with Crippen molar-refractivity contribution in [1.29, 1.82) is 5.26 Å². The summed E-state index contributed by atoms with van der Waals surface area (Å²) >= 11 is 1.35. The van der Waals surface area contributed by atoms with Gasteiger partial charge in [-0.1, -0.05) is 72.5 Å². The largest absolute Gasteiger partial charge is 0.497 e. The number of methoxy groups -OCH3 is 2. The van der Waals surface area contributed by atoms with E-state index in [0.29, 0.717) is 4.88 Å². The number of hydrogen-bond donors (Lipinski definition) is 1. The van der Waals surface area contributed by atoms with Crippen LogP contribution in [0.3, 0.4) is 0 Å². The molecular weight excluding hydrogens is 653 g/mol. The van der Waals surface area contributed by atoms with Crippen LogP contribution in [0.25, 0.3) is 38.7 Å². The third kappa shape index (κ3) is 6.63. The summed E-state index contributed by atoms with van der Waals surface area (Å²) in [5, 5.41) is 22.6. The predicted molar refractivity (Wildman–Crippen MR) is 206 cm³/mol. The van der Waals surface area contributed by atoms with Gasteiger partial charge in [0.25, 0.3) is 0 Å². The molecule has 1 N–H and O–H groups in total. The smallest absolute Gasteiger partial charge is 0.346 e. The molecule has 51 heavy (non-hydrogen) atoms. The Morgan fingerprint density at radius 2 is 1.16 bits per heavy atom. The predicted octanol–water partition coefficient (Wildman–Crippen LogP) is 10.6. The van der Waals surface area contributed by atoms with Crippen LogP contribution in [0, 0.1) is 23.2 Å². The van der Waals surface area contributed by atoms with Crippen LogP contribution in [-0.2, 0) is 4.79 Å². The first kappa shape index (κ1) is 32.7. The fraction of sp³-hybridized carbons (Fsp3) is 0.0455. The maximum absolute atomic E-state index is 11.3. The highest BCUT2D eigenvalue weighted by Crippen LogP contribution is 2.41. The molecule has 7 rings (SSSR count). The van der Waals surface area contributed by atoms with Crippen LogP contribution in [0.2, 0.25) is 0 Å². The minimum Gasteiger partial charge on any atom is -0.497 e. The summed E-state index contributed by atoms with van der Waals surface area (Å²) in [5.41, 5.74) is 5.80. The molecule has 0 aliphatic rings. The van der Waals surface area contributed by atoms with Crippen molar-refractivity contribution in [3.8, 4) is 40.5 Å². The molecule has 0 saturated heterocycles. The third-order valence-electron chi connectivity index (χ3n) is 8.58. The minimum absolute atomic E-state index is 0.314. The van der Waals surface area contributed by atoms with Crippen molar-refractivity contribution in [2.45, 2.75) is 0 Å². The molecule has 0 radical (unpaired) electrons. The standard InChI is InChI=1S/C44H30N2O4S/c1-49-34-19-15-32(16-20-34)46(33-17-21-35(50-2)22-18-33)31-13-11-29(12-14-31)43-41-9-5-3-7-38(41)40(39-8-4-6-10-42(39)43)26-25-36-23-24-37(51-36)27-30(28-45)44(47)48/h3-24,27H,1-2H3,(H,47,48)/b30-27-. The van der Waals surface area contributed by atoms with Gasteiger partial charge in [0.15, 0.2) is 0 Å². The summed E-state index contributed by atoms with van der Waals surface area (Å²) in [6.45, 7) is 0. The highest BCUT2D eigenvalue weighted by atomic mass is 32.1. The average molecular weight is 683 g/mol. The van der Waals surface area contributed by atoms with Gasteiger partial charge in [-0.25, -0.2) is 4.79 Å². The van der Waals surface area contributed by atoms with Crippen molar-refractivity contribution in [2.75, 3.05) is 19.1 Å². The number of nitrogens with zero attached hydrogens (tertiary/aromatic N) is 2. The molecule has 1 heterocycles. The molecule has 0 unspecified atom stereocenters. The number of carbonyl (C=O) groups is 1. The number of carboxylic acids is 1. The molecule has 0 amide bonds. The van der Waals surface area contributed by atoms with Crippen molar-refractivity contribution in [3.05, 3.63) is 154 Å². The van der Waals surface area contributed by atoms with E-state index in [2.05, 4.69) is 65.3 Å². The molecule has 6 nitrogen and oxygen atoms in total. The zero-order valence-electron chi connectivity index (χ0n) is 27.8. The lowest BCUT2D eigenvalue weighted by Crippen LogP contribution is -2.09. The number of ether oxygens (including phenoxy) is 2. The Hall–Kier alpha value is -6.80. The van der Waals surface area contributed by atoms with Gasteiger partial charge in [0.2, 0.25) is 0 Å². The van der Waals surface area contributed by atoms with Gasteiger partial charge in [0.1, 0.15) is 23.1 Å². The summed E-state index contributed by atoms with van der Waals surface area (Å²) in [6.07, 6.45) is 1.37. The van der Waals surface area contributed by atoms with Gasteiger partial charge < -0.3 is 19.5 Å². The van der Waals surface area contributed by atoms with E-state index in [-0.39, 0.29) is 5.57 Å². The van der Waals surface area contributed by atoms with E-state index in [4.69, 9.17) is 14.7 Å². The van der Waals surface area contributed by atoms with E-state index in [1.165, 1.54) is 17.4 Å². The second-order valence-electron chi connectivity index (χ2n) is 11.5. The first-order valence-corrected chi connectivity index (χ1v) is 16.9. The Balaban J connectivity index is 1.32. The molecule has 0 saturated carbocycles. The quantitative estimate of drug-likeness (QED) is 0.0743. The van der Waals surface area contributed by atoms with Crippen LogP contribution in [0.5, 0.6) is 11.5 Å². The number of rotatable bonds is 8. The number of benzene rings is 6. The molecule has 0 bridgehead atoms. The normalized spacial score (nSPS) is 11.0. The highest BCUT2D eigenvalue weighted by molar-refractivity contribution is 7.13. The molecule has 1 aromatic heterocycles. The molecule has 0 spiro atoms. The number of aliphatic carboxylic acids is 1. The molecule has 0 aliphatic carbocycles. The Kier molecular flexibility index (Phi) is 9.22. The van der Waals surface area contributed by atoms with E-state index >= 15 is 0 Å². The minimum atomic E-state index is -1.25. The van der Waals surface area contributed by atoms with Crippen LogP contribution < -0.4 is 14.4 Å². The summed E-state index contributed by atoms with van der Waals surface area (Å²) < 4.78 is 10.8. The molecule has 0 aliphatic heterocycles. The monoisotopic (exact) mass is 682 g/mol. The maximum Gasteiger partial charge on any atom is 0.346 e. The van der Waals surface area contributed by atoms with Crippen LogP contribution in [-0.4, -0.2) is 25.3 Å². The van der Waals surface area contributed by atoms with Crippen molar-refractivity contribution >= 4 is 62.0 Å². The van der Waals surface area contributed by atoms with Crippen molar-refractivity contribution in [1.82, 2.24) is 0 Å². The van der Waals surface area contributed by atoms with Crippen molar-refractivity contribution in [3.63, 3.8) is 0 Å². The molecule has 0 fully saturated rings. The molecule has 7 heteroatoms. The second kappa shape index (κ2) is 14.4. The Morgan fingerprint density at radius 1 is 0.667 bits per heavy atom. The number of nitriles is 1. The van der Waals surface area contributed by atoms with Gasteiger partial charge >= 0.3 is 5.97 Å². The van der Waals surface area contributed by atoms with Gasteiger partial charge in [-0.05, 0) is 112 Å². The Morgan fingerprint density at radius 3 is 1.63 bits per heavy atom. The average Bonchev–Trinajstić information content (AvgIpc) is 3.63. The van der Waals surface area contributed by atoms with E-state index in [1.54, 1.807) is 26.4 Å². The fourth-order valence-electron chi connectivity index (χ4n) is 6.17. The van der Waals surface area contributed by atoms with Crippen LogP contribution >= 0.6 is 11.3 Å². The fourth-order valence-corrected chi connectivity index (χ4v) is 6.97. The van der Waals surface area contributed by atoms with E-state index in [9.17, 15) is 9.90 Å². The lowest BCUT2D eigenvalue weighted by atomic mass is 9.88. The molecule has 0 atom stereocenters. The molecule has 6 aromatic carbocycles. The lowest BCUT2D eigenvalue weighted by Gasteiger charge is -2.26. The van der Waals surface area contributed by atoms with Gasteiger partial charge in [0, 0.05) is 27.5 Å². The first-order chi connectivity index (χ1) is 25.0. The first-order valence-electron chi connectivity index (χ1n) is 16.1. The summed E-state index contributed by atoms with van der Waals surface area (Å²) in [5.74, 6) is 7.07. The van der Waals surface area contributed by atoms with Crippen LogP contribution in [0.1, 0.15) is 15.3 Å². The summed E-state index contributed by atoms with van der Waals surface area (Å²) in [6, 6.07) is 46.7. The van der Waals surface area contributed by atoms with Gasteiger partial charge in [-0.3, -0.25) is 0 Å². The van der Waals surface area contributed by atoms with Gasteiger partial charge in [0.05, 0.1) is 19.1 Å². The van der Waals surface area contributed by atoms with Crippen molar-refractivity contribution in [2.24, 2.45) is 0 Å². The number of hydrogen-bond acceptors (Lipinski definition) is 6. The number of thiophene rings is 1. The lowest BCUT2D eigenvalue weighted by molar-refractivity contribution is -0.132. The molecular formula is C44H30N2O4S. The van der Waals surface area contributed by atoms with E-state index < -0.39 is 5.97 Å². The van der Waals surface area contributed by atoms with E-state index in [1.807, 2.05) is 78.9 Å². The maximum atomic E-state index is 11.3. The third-order valence-corrected chi connectivity index (χ3v) is 9.53. The molecule has 7 aromatic rings. The van der Waals surface area contributed by atoms with Crippen molar-refractivity contribution < 1.29 is 19.4 Å². The number of carboxylic acid groups (broad SMARTS) is 1. The van der Waals surface area contributed by atoms with Crippen LogP contribution in [0.15, 0.2) is 139 Å². The zero-order chi connectivity index (χ0) is 35.3. The van der Waals surface area contributed by atoms with Gasteiger partial charge in [-0.2, -0.15) is 5.26 Å². The van der Waals surface area contributed by atoms with Crippen LogP contribution in [0.4, 0.5) is 17.1 Å². The number of anilines is 3.